The zero-order chi connectivity index (χ0) is 14.8. The maximum atomic E-state index is 12.4. The Labute approximate surface area is 124 Å². The molecule has 0 radical (unpaired) electrons. The van der Waals surface area contributed by atoms with Crippen LogP contribution in [0.25, 0.3) is 0 Å². The van der Waals surface area contributed by atoms with Crippen LogP contribution in [0.4, 0.5) is 0 Å². The molecular formula is C15H16ClNO2S. The third-order valence-corrected chi connectivity index (χ3v) is 4.93. The van der Waals surface area contributed by atoms with Crippen molar-refractivity contribution in [2.45, 2.75) is 24.3 Å². The van der Waals surface area contributed by atoms with Gasteiger partial charge in [0.05, 0.1) is 10.4 Å². The summed E-state index contributed by atoms with van der Waals surface area (Å²) in [6.45, 7) is 3.63. The van der Waals surface area contributed by atoms with Crippen molar-refractivity contribution < 1.29 is 8.42 Å². The van der Waals surface area contributed by atoms with Gasteiger partial charge in [-0.2, -0.15) is 0 Å². The summed E-state index contributed by atoms with van der Waals surface area (Å²) in [4.78, 5) is 0.252. The van der Waals surface area contributed by atoms with Crippen LogP contribution in [0.1, 0.15) is 19.4 Å². The van der Waals surface area contributed by atoms with Crippen molar-refractivity contribution in [2.24, 2.45) is 0 Å². The van der Waals surface area contributed by atoms with E-state index in [-0.39, 0.29) is 4.90 Å². The molecule has 0 unspecified atom stereocenters. The van der Waals surface area contributed by atoms with E-state index < -0.39 is 15.6 Å². The molecule has 20 heavy (non-hydrogen) atoms. The normalized spacial score (nSPS) is 12.3. The fourth-order valence-corrected chi connectivity index (χ4v) is 3.47. The van der Waals surface area contributed by atoms with E-state index >= 15 is 0 Å². The monoisotopic (exact) mass is 309 g/mol. The minimum absolute atomic E-state index is 0.252. The first-order chi connectivity index (χ1) is 9.31. The fourth-order valence-electron chi connectivity index (χ4n) is 1.92. The second kappa shape index (κ2) is 5.56. The Morgan fingerprint density at radius 1 is 0.950 bits per heavy atom. The molecule has 0 aromatic heterocycles. The standard InChI is InChI=1S/C15H16ClNO2S/c1-15(2,12-8-10-13(16)11-9-12)17-20(18,19)14-6-4-3-5-7-14/h3-11,17H,1-2H3. The van der Waals surface area contributed by atoms with Gasteiger partial charge in [-0.25, -0.2) is 13.1 Å². The molecule has 0 saturated heterocycles. The van der Waals surface area contributed by atoms with Crippen LogP contribution < -0.4 is 4.72 Å². The molecule has 0 amide bonds. The highest BCUT2D eigenvalue weighted by molar-refractivity contribution is 7.89. The summed E-state index contributed by atoms with van der Waals surface area (Å²) in [5.74, 6) is 0. The minimum Gasteiger partial charge on any atom is -0.207 e. The quantitative estimate of drug-likeness (QED) is 0.938. The molecule has 0 aliphatic carbocycles. The molecule has 106 valence electrons. The van der Waals surface area contributed by atoms with Crippen molar-refractivity contribution in [3.63, 3.8) is 0 Å². The van der Waals surface area contributed by atoms with Crippen LogP contribution in [-0.4, -0.2) is 8.42 Å². The summed E-state index contributed by atoms with van der Waals surface area (Å²) in [6.07, 6.45) is 0. The molecule has 3 nitrogen and oxygen atoms in total. The van der Waals surface area contributed by atoms with E-state index in [2.05, 4.69) is 4.72 Å². The Morgan fingerprint density at radius 2 is 1.50 bits per heavy atom. The van der Waals surface area contributed by atoms with Gasteiger partial charge in [-0.3, -0.25) is 0 Å². The average molecular weight is 310 g/mol. The van der Waals surface area contributed by atoms with Crippen LogP contribution in [-0.2, 0) is 15.6 Å². The highest BCUT2D eigenvalue weighted by Gasteiger charge is 2.27. The number of sulfonamides is 1. The van der Waals surface area contributed by atoms with Gasteiger partial charge in [0.15, 0.2) is 0 Å². The lowest BCUT2D eigenvalue weighted by Crippen LogP contribution is -2.40. The Kier molecular flexibility index (Phi) is 4.18. The molecule has 0 bridgehead atoms. The molecule has 0 aliphatic rings. The zero-order valence-electron chi connectivity index (χ0n) is 11.3. The van der Waals surface area contributed by atoms with E-state index in [1.807, 2.05) is 26.0 Å². The van der Waals surface area contributed by atoms with Crippen LogP contribution >= 0.6 is 11.6 Å². The lowest BCUT2D eigenvalue weighted by Gasteiger charge is -2.26. The molecule has 0 heterocycles. The summed E-state index contributed by atoms with van der Waals surface area (Å²) in [5.41, 5.74) is 0.126. The highest BCUT2D eigenvalue weighted by atomic mass is 35.5. The largest absolute Gasteiger partial charge is 0.241 e. The van der Waals surface area contributed by atoms with Gasteiger partial charge in [-0.15, -0.1) is 0 Å². The molecule has 2 aromatic carbocycles. The number of hydrogen-bond donors (Lipinski definition) is 1. The Hall–Kier alpha value is -1.36. The second-order valence-corrected chi connectivity index (χ2v) is 7.17. The van der Waals surface area contributed by atoms with Gasteiger partial charge >= 0.3 is 0 Å². The molecular weight excluding hydrogens is 294 g/mol. The second-order valence-electron chi connectivity index (χ2n) is 5.05. The van der Waals surface area contributed by atoms with Crippen molar-refractivity contribution in [3.8, 4) is 0 Å². The van der Waals surface area contributed by atoms with Crippen LogP contribution in [0, 0.1) is 0 Å². The summed E-state index contributed by atoms with van der Waals surface area (Å²) in [6, 6.07) is 15.4. The molecule has 0 saturated carbocycles. The van der Waals surface area contributed by atoms with Gasteiger partial charge in [0, 0.05) is 5.02 Å². The average Bonchev–Trinajstić information content (AvgIpc) is 2.39. The summed E-state index contributed by atoms with van der Waals surface area (Å²) < 4.78 is 27.4. The highest BCUT2D eigenvalue weighted by Crippen LogP contribution is 2.24. The predicted molar refractivity (Wildman–Crippen MR) is 81.2 cm³/mol. The third kappa shape index (κ3) is 3.39. The molecule has 2 aromatic rings. The fraction of sp³-hybridized carbons (Fsp3) is 0.200. The first kappa shape index (κ1) is 15.0. The predicted octanol–water partition coefficient (Wildman–Crippen LogP) is 3.55. The topological polar surface area (TPSA) is 46.2 Å². The van der Waals surface area contributed by atoms with E-state index in [0.717, 1.165) is 5.56 Å². The van der Waals surface area contributed by atoms with Crippen LogP contribution in [0.2, 0.25) is 5.02 Å². The van der Waals surface area contributed by atoms with Crippen molar-refractivity contribution in [2.75, 3.05) is 0 Å². The smallest absolute Gasteiger partial charge is 0.207 e. The molecule has 0 aliphatic heterocycles. The SMILES string of the molecule is CC(C)(NS(=O)(=O)c1ccccc1)c1ccc(Cl)cc1. The maximum Gasteiger partial charge on any atom is 0.241 e. The van der Waals surface area contributed by atoms with Crippen LogP contribution in [0.15, 0.2) is 59.5 Å². The Bertz CT molecular complexity index is 680. The third-order valence-electron chi connectivity index (χ3n) is 3.01. The van der Waals surface area contributed by atoms with Crippen molar-refractivity contribution in [1.29, 1.82) is 0 Å². The number of halogens is 1. The van der Waals surface area contributed by atoms with Crippen LogP contribution in [0.3, 0.4) is 0 Å². The first-order valence-corrected chi connectivity index (χ1v) is 8.02. The zero-order valence-corrected chi connectivity index (χ0v) is 12.9. The van der Waals surface area contributed by atoms with Crippen molar-refractivity contribution >= 4 is 21.6 Å². The number of nitrogens with one attached hydrogen (secondary N) is 1. The van der Waals surface area contributed by atoms with E-state index in [4.69, 9.17) is 11.6 Å². The van der Waals surface area contributed by atoms with E-state index in [1.54, 1.807) is 42.5 Å². The molecule has 0 atom stereocenters. The van der Waals surface area contributed by atoms with E-state index in [1.165, 1.54) is 0 Å². The maximum absolute atomic E-state index is 12.4. The van der Waals surface area contributed by atoms with Gasteiger partial charge in [-0.1, -0.05) is 41.9 Å². The molecule has 1 N–H and O–H groups in total. The van der Waals surface area contributed by atoms with Gasteiger partial charge < -0.3 is 0 Å². The lowest BCUT2D eigenvalue weighted by molar-refractivity contribution is 0.472. The number of hydrogen-bond acceptors (Lipinski definition) is 2. The summed E-state index contributed by atoms with van der Waals surface area (Å²) >= 11 is 5.85. The summed E-state index contributed by atoms with van der Waals surface area (Å²) in [5, 5.41) is 0.621. The van der Waals surface area contributed by atoms with Gasteiger partial charge in [0.25, 0.3) is 0 Å². The van der Waals surface area contributed by atoms with Gasteiger partial charge in [-0.05, 0) is 43.7 Å². The number of rotatable bonds is 4. The van der Waals surface area contributed by atoms with E-state index in [9.17, 15) is 8.42 Å². The first-order valence-electron chi connectivity index (χ1n) is 6.16. The molecule has 2 rings (SSSR count). The Balaban J connectivity index is 2.30. The lowest BCUT2D eigenvalue weighted by atomic mass is 9.96. The van der Waals surface area contributed by atoms with Gasteiger partial charge in [0.1, 0.15) is 0 Å². The van der Waals surface area contributed by atoms with Gasteiger partial charge in [0.2, 0.25) is 10.0 Å². The molecule has 0 spiro atoms. The summed E-state index contributed by atoms with van der Waals surface area (Å²) in [7, 11) is -3.56. The molecule has 5 heteroatoms. The van der Waals surface area contributed by atoms with Crippen LogP contribution in [0.5, 0.6) is 0 Å². The van der Waals surface area contributed by atoms with Crippen molar-refractivity contribution in [1.82, 2.24) is 4.72 Å². The van der Waals surface area contributed by atoms with Crippen molar-refractivity contribution in [3.05, 3.63) is 65.2 Å². The minimum atomic E-state index is -3.56. The van der Waals surface area contributed by atoms with E-state index in [0.29, 0.717) is 5.02 Å². The Morgan fingerprint density at radius 3 is 2.05 bits per heavy atom. The molecule has 0 fully saturated rings. The number of benzene rings is 2.